The molecule has 0 amide bonds. The summed E-state index contributed by atoms with van der Waals surface area (Å²) in [6.45, 7) is 6.12. The van der Waals surface area contributed by atoms with Gasteiger partial charge in [-0.05, 0) is 80.3 Å². The molecule has 1 aromatic carbocycles. The largest absolute Gasteiger partial charge is 0.487 e. The van der Waals surface area contributed by atoms with Gasteiger partial charge in [0.15, 0.2) is 11.5 Å². The monoisotopic (exact) mass is 465 g/mol. The summed E-state index contributed by atoms with van der Waals surface area (Å²) in [6, 6.07) is 7.04. The van der Waals surface area contributed by atoms with Gasteiger partial charge in [-0.15, -0.1) is 0 Å². The molecule has 1 aliphatic rings. The van der Waals surface area contributed by atoms with Crippen molar-refractivity contribution >= 4 is 49.8 Å². The molecular formula is C18H13Br2NO4. The third-order valence-electron chi connectivity index (χ3n) is 3.14. The zero-order valence-electron chi connectivity index (χ0n) is 13.2. The molecule has 0 N–H and O–H groups in total. The molecule has 0 fully saturated rings. The summed E-state index contributed by atoms with van der Waals surface area (Å²) in [7, 11) is 0. The number of aliphatic imine (C=N–C) groups is 1. The molecule has 2 aromatic rings. The molecule has 0 atom stereocenters. The van der Waals surface area contributed by atoms with Crippen molar-refractivity contribution in [3.05, 3.63) is 68.6 Å². The number of benzene rings is 1. The lowest BCUT2D eigenvalue weighted by Gasteiger charge is -2.11. The first-order valence-corrected chi connectivity index (χ1v) is 8.85. The van der Waals surface area contributed by atoms with Crippen molar-refractivity contribution in [1.82, 2.24) is 0 Å². The third-order valence-corrected chi connectivity index (χ3v) is 4.32. The zero-order valence-corrected chi connectivity index (χ0v) is 16.4. The van der Waals surface area contributed by atoms with Gasteiger partial charge in [-0.25, -0.2) is 9.79 Å². The van der Waals surface area contributed by atoms with Gasteiger partial charge in [0.05, 0.1) is 15.2 Å². The highest BCUT2D eigenvalue weighted by molar-refractivity contribution is 9.11. The van der Waals surface area contributed by atoms with E-state index in [0.717, 1.165) is 20.1 Å². The molecule has 3 rings (SSSR count). The number of carbonyl (C=O) groups excluding carboxylic acids is 1. The van der Waals surface area contributed by atoms with Gasteiger partial charge in [0.1, 0.15) is 12.4 Å². The first-order chi connectivity index (χ1) is 11.9. The highest BCUT2D eigenvalue weighted by Crippen LogP contribution is 2.36. The Morgan fingerprint density at radius 3 is 2.68 bits per heavy atom. The van der Waals surface area contributed by atoms with Crippen LogP contribution in [-0.2, 0) is 9.53 Å². The van der Waals surface area contributed by atoms with Gasteiger partial charge in [0.2, 0.25) is 0 Å². The Bertz CT molecular complexity index is 875. The fraction of sp³-hybridized carbons (Fsp3) is 0.111. The maximum Gasteiger partial charge on any atom is 0.363 e. The Morgan fingerprint density at radius 1 is 1.36 bits per heavy atom. The molecule has 128 valence electrons. The molecule has 2 heterocycles. The van der Waals surface area contributed by atoms with Crippen LogP contribution in [0.4, 0.5) is 0 Å². The van der Waals surface area contributed by atoms with Crippen molar-refractivity contribution in [2.45, 2.75) is 6.92 Å². The maximum atomic E-state index is 12.0. The summed E-state index contributed by atoms with van der Waals surface area (Å²) in [5.74, 6) is 0.698. The van der Waals surface area contributed by atoms with E-state index < -0.39 is 5.97 Å². The minimum absolute atomic E-state index is 0.154. The lowest BCUT2D eigenvalue weighted by molar-refractivity contribution is -0.130. The summed E-state index contributed by atoms with van der Waals surface area (Å²) >= 11 is 6.95. The lowest BCUT2D eigenvalue weighted by atomic mass is 10.2. The van der Waals surface area contributed by atoms with Crippen LogP contribution in [0.1, 0.15) is 18.2 Å². The van der Waals surface area contributed by atoms with Crippen LogP contribution in [0.25, 0.3) is 6.08 Å². The predicted octanol–water partition coefficient (Wildman–Crippen LogP) is 5.10. The van der Waals surface area contributed by atoms with E-state index in [0.29, 0.717) is 18.1 Å². The smallest absolute Gasteiger partial charge is 0.363 e. The number of hydrogen-bond donors (Lipinski definition) is 0. The maximum absolute atomic E-state index is 12.0. The quantitative estimate of drug-likeness (QED) is 0.349. The number of carbonyl (C=O) groups is 1. The predicted molar refractivity (Wildman–Crippen MR) is 101 cm³/mol. The average Bonchev–Trinajstić information content (AvgIpc) is 3.16. The first kappa shape index (κ1) is 17.7. The summed E-state index contributed by atoms with van der Waals surface area (Å²) in [6.07, 6.45) is 3.13. The molecular weight excluding hydrogens is 454 g/mol. The van der Waals surface area contributed by atoms with E-state index in [1.165, 1.54) is 6.26 Å². The van der Waals surface area contributed by atoms with E-state index in [2.05, 4.69) is 43.4 Å². The molecule has 0 saturated heterocycles. The fourth-order valence-electron chi connectivity index (χ4n) is 2.07. The number of nitrogens with zero attached hydrogens (tertiary/aromatic N) is 1. The van der Waals surface area contributed by atoms with Gasteiger partial charge < -0.3 is 13.9 Å². The molecule has 0 spiro atoms. The Balaban J connectivity index is 1.88. The van der Waals surface area contributed by atoms with Crippen molar-refractivity contribution < 1.29 is 18.7 Å². The Morgan fingerprint density at radius 2 is 2.08 bits per heavy atom. The second kappa shape index (κ2) is 7.41. The molecule has 0 unspecified atom stereocenters. The minimum Gasteiger partial charge on any atom is -0.487 e. The molecule has 25 heavy (non-hydrogen) atoms. The van der Waals surface area contributed by atoms with E-state index in [9.17, 15) is 4.79 Å². The summed E-state index contributed by atoms with van der Waals surface area (Å²) in [5, 5.41) is 0. The number of cyclic esters (lactones) is 1. The van der Waals surface area contributed by atoms with E-state index in [-0.39, 0.29) is 11.6 Å². The highest BCUT2D eigenvalue weighted by Gasteiger charge is 2.26. The van der Waals surface area contributed by atoms with Crippen molar-refractivity contribution in [1.29, 1.82) is 0 Å². The Labute approximate surface area is 161 Å². The fourth-order valence-corrected chi connectivity index (χ4v) is 3.52. The molecule has 1 aromatic heterocycles. The zero-order chi connectivity index (χ0) is 18.0. The van der Waals surface area contributed by atoms with Crippen molar-refractivity contribution in [2.24, 2.45) is 4.99 Å². The molecule has 5 nitrogen and oxygen atoms in total. The lowest BCUT2D eigenvalue weighted by Crippen LogP contribution is -2.04. The number of esters is 1. The van der Waals surface area contributed by atoms with Gasteiger partial charge in [-0.1, -0.05) is 6.58 Å². The van der Waals surface area contributed by atoms with Gasteiger partial charge in [0, 0.05) is 0 Å². The second-order valence-corrected chi connectivity index (χ2v) is 7.08. The van der Waals surface area contributed by atoms with Crippen molar-refractivity contribution in [2.75, 3.05) is 6.61 Å². The molecule has 0 bridgehead atoms. The number of hydrogen-bond acceptors (Lipinski definition) is 5. The molecule has 7 heteroatoms. The minimum atomic E-state index is -0.527. The summed E-state index contributed by atoms with van der Waals surface area (Å²) in [4.78, 5) is 16.2. The topological polar surface area (TPSA) is 61.0 Å². The van der Waals surface area contributed by atoms with E-state index in [1.54, 1.807) is 18.2 Å². The van der Waals surface area contributed by atoms with Crippen LogP contribution >= 0.6 is 31.9 Å². The van der Waals surface area contributed by atoms with Crippen LogP contribution < -0.4 is 4.74 Å². The van der Waals surface area contributed by atoms with Crippen LogP contribution in [0.15, 0.2) is 66.7 Å². The number of furan rings is 1. The first-order valence-electron chi connectivity index (χ1n) is 7.26. The average molecular weight is 467 g/mol. The number of ether oxygens (including phenoxy) is 2. The standard InChI is InChI=1S/C18H13Br2NO4/c1-10(2)9-24-16-12(19)6-11(7-13(16)20)8-14-18(22)25-17(21-14)15-4-3-5-23-15/h3-8H,1,9H2,2H3/b14-8-. The van der Waals surface area contributed by atoms with Gasteiger partial charge >= 0.3 is 5.97 Å². The normalized spacial score (nSPS) is 15.2. The van der Waals surface area contributed by atoms with Crippen molar-refractivity contribution in [3.63, 3.8) is 0 Å². The Kier molecular flexibility index (Phi) is 5.24. The van der Waals surface area contributed by atoms with E-state index >= 15 is 0 Å². The Hall–Kier alpha value is -2.12. The van der Waals surface area contributed by atoms with Crippen molar-refractivity contribution in [3.8, 4) is 5.75 Å². The number of halogens is 2. The third kappa shape index (κ3) is 4.11. The van der Waals surface area contributed by atoms with Gasteiger partial charge in [-0.2, -0.15) is 0 Å². The molecule has 0 radical (unpaired) electrons. The summed E-state index contributed by atoms with van der Waals surface area (Å²) in [5.41, 5.74) is 1.87. The van der Waals surface area contributed by atoms with Crippen LogP contribution in [-0.4, -0.2) is 18.5 Å². The van der Waals surface area contributed by atoms with E-state index in [1.807, 2.05) is 19.1 Å². The van der Waals surface area contributed by atoms with Crippen LogP contribution in [0.5, 0.6) is 5.75 Å². The molecule has 0 aliphatic carbocycles. The molecule has 1 aliphatic heterocycles. The van der Waals surface area contributed by atoms with Gasteiger partial charge in [-0.3, -0.25) is 0 Å². The van der Waals surface area contributed by atoms with Crippen LogP contribution in [0.3, 0.4) is 0 Å². The van der Waals surface area contributed by atoms with Crippen LogP contribution in [0.2, 0.25) is 0 Å². The molecule has 0 saturated carbocycles. The number of rotatable bonds is 5. The highest BCUT2D eigenvalue weighted by atomic mass is 79.9. The second-order valence-electron chi connectivity index (χ2n) is 5.37. The van der Waals surface area contributed by atoms with Gasteiger partial charge in [0.25, 0.3) is 5.90 Å². The van der Waals surface area contributed by atoms with Crippen LogP contribution in [0, 0.1) is 0 Å². The SMILES string of the molecule is C=C(C)COc1c(Br)cc(/C=C2\N=C(c3ccco3)OC2=O)cc1Br. The summed E-state index contributed by atoms with van der Waals surface area (Å²) < 4.78 is 17.5. The van der Waals surface area contributed by atoms with E-state index in [4.69, 9.17) is 13.9 Å².